The van der Waals surface area contributed by atoms with Crippen molar-refractivity contribution >= 4 is 28.4 Å². The highest BCUT2D eigenvalue weighted by Gasteiger charge is 2.10. The van der Waals surface area contributed by atoms with Crippen molar-refractivity contribution in [2.75, 3.05) is 0 Å². The van der Waals surface area contributed by atoms with E-state index in [9.17, 15) is 0 Å². The largest absolute Gasteiger partial charge is 0.0888 e. The standard InChI is InChI=1S/C13H9Cl/c14-12-7-10-5-1-3-9-4-2-6-11(8-12)13(9)10/h1-7H,8H2. The third-order valence-corrected chi connectivity index (χ3v) is 2.94. The van der Waals surface area contributed by atoms with Crippen LogP contribution in [0.15, 0.2) is 41.4 Å². The fourth-order valence-corrected chi connectivity index (χ4v) is 2.38. The molecule has 3 rings (SSSR count). The molecule has 0 N–H and O–H groups in total. The van der Waals surface area contributed by atoms with Crippen molar-refractivity contribution in [3.8, 4) is 0 Å². The quantitative estimate of drug-likeness (QED) is 0.604. The second-order valence-electron chi connectivity index (χ2n) is 3.63. The molecule has 0 bridgehead atoms. The van der Waals surface area contributed by atoms with Crippen molar-refractivity contribution in [2.45, 2.75) is 6.42 Å². The van der Waals surface area contributed by atoms with E-state index in [4.69, 9.17) is 11.6 Å². The van der Waals surface area contributed by atoms with Gasteiger partial charge in [-0.15, -0.1) is 0 Å². The zero-order valence-corrected chi connectivity index (χ0v) is 8.38. The van der Waals surface area contributed by atoms with Gasteiger partial charge in [0.15, 0.2) is 0 Å². The van der Waals surface area contributed by atoms with Crippen LogP contribution in [0.5, 0.6) is 0 Å². The normalized spacial score (nSPS) is 14.2. The lowest BCUT2D eigenvalue weighted by atomic mass is 9.93. The predicted molar refractivity (Wildman–Crippen MR) is 61.5 cm³/mol. The molecule has 0 aromatic heterocycles. The van der Waals surface area contributed by atoms with Crippen LogP contribution >= 0.6 is 11.6 Å². The van der Waals surface area contributed by atoms with Crippen LogP contribution in [-0.4, -0.2) is 0 Å². The molecule has 0 atom stereocenters. The Balaban J connectivity index is 2.50. The van der Waals surface area contributed by atoms with E-state index in [0.717, 1.165) is 11.5 Å². The third-order valence-electron chi connectivity index (χ3n) is 2.69. The number of benzene rings is 2. The van der Waals surface area contributed by atoms with E-state index in [0.29, 0.717) is 0 Å². The van der Waals surface area contributed by atoms with Crippen LogP contribution in [0.4, 0.5) is 0 Å². The van der Waals surface area contributed by atoms with Gasteiger partial charge in [0.1, 0.15) is 0 Å². The molecule has 0 nitrogen and oxygen atoms in total. The monoisotopic (exact) mass is 200 g/mol. The first kappa shape index (κ1) is 8.07. The average Bonchev–Trinajstić information content (AvgIpc) is 2.18. The Morgan fingerprint density at radius 3 is 2.64 bits per heavy atom. The zero-order valence-electron chi connectivity index (χ0n) is 7.63. The lowest BCUT2D eigenvalue weighted by Gasteiger charge is -2.14. The van der Waals surface area contributed by atoms with E-state index in [1.54, 1.807) is 0 Å². The van der Waals surface area contributed by atoms with Crippen molar-refractivity contribution < 1.29 is 0 Å². The van der Waals surface area contributed by atoms with Crippen LogP contribution in [0, 0.1) is 0 Å². The summed E-state index contributed by atoms with van der Waals surface area (Å²) < 4.78 is 0. The van der Waals surface area contributed by atoms with Gasteiger partial charge in [0, 0.05) is 11.5 Å². The van der Waals surface area contributed by atoms with Gasteiger partial charge in [-0.05, 0) is 28.0 Å². The maximum absolute atomic E-state index is 6.09. The van der Waals surface area contributed by atoms with Gasteiger partial charge in [-0.3, -0.25) is 0 Å². The minimum atomic E-state index is 0.871. The number of halogens is 1. The molecule has 0 fully saturated rings. The van der Waals surface area contributed by atoms with Crippen molar-refractivity contribution in [3.05, 3.63) is 52.6 Å². The molecule has 0 aliphatic heterocycles. The molecule has 0 spiro atoms. The highest BCUT2D eigenvalue weighted by Crippen LogP contribution is 2.32. The van der Waals surface area contributed by atoms with E-state index in [2.05, 4.69) is 42.5 Å². The molecule has 2 aromatic carbocycles. The lowest BCUT2D eigenvalue weighted by Crippen LogP contribution is -1.94. The first-order valence-corrected chi connectivity index (χ1v) is 5.09. The number of allylic oxidation sites excluding steroid dienone is 1. The zero-order chi connectivity index (χ0) is 9.54. The molecule has 0 saturated heterocycles. The fraction of sp³-hybridized carbons (Fsp3) is 0.0769. The lowest BCUT2D eigenvalue weighted by molar-refractivity contribution is 1.26. The van der Waals surface area contributed by atoms with Crippen LogP contribution < -0.4 is 0 Å². The number of rotatable bonds is 0. The number of hydrogen-bond donors (Lipinski definition) is 0. The van der Waals surface area contributed by atoms with Gasteiger partial charge in [-0.1, -0.05) is 48.0 Å². The molecule has 1 aliphatic rings. The molecule has 14 heavy (non-hydrogen) atoms. The molecular weight excluding hydrogens is 192 g/mol. The Kier molecular flexibility index (Phi) is 1.65. The summed E-state index contributed by atoms with van der Waals surface area (Å²) in [4.78, 5) is 0. The minimum Gasteiger partial charge on any atom is -0.0888 e. The van der Waals surface area contributed by atoms with E-state index < -0.39 is 0 Å². The van der Waals surface area contributed by atoms with Gasteiger partial charge < -0.3 is 0 Å². The molecule has 0 unspecified atom stereocenters. The smallest absolute Gasteiger partial charge is 0.0231 e. The minimum absolute atomic E-state index is 0.871. The maximum atomic E-state index is 6.09. The van der Waals surface area contributed by atoms with Crippen LogP contribution in [-0.2, 0) is 6.42 Å². The molecular formula is C13H9Cl. The first-order chi connectivity index (χ1) is 6.84. The van der Waals surface area contributed by atoms with Crippen LogP contribution in [0.25, 0.3) is 16.8 Å². The summed E-state index contributed by atoms with van der Waals surface area (Å²) in [5.41, 5.74) is 2.58. The number of hydrogen-bond acceptors (Lipinski definition) is 0. The highest BCUT2D eigenvalue weighted by atomic mass is 35.5. The van der Waals surface area contributed by atoms with Crippen molar-refractivity contribution in [2.24, 2.45) is 0 Å². The fourth-order valence-electron chi connectivity index (χ4n) is 2.12. The van der Waals surface area contributed by atoms with Crippen molar-refractivity contribution in [3.63, 3.8) is 0 Å². The third kappa shape index (κ3) is 1.08. The summed E-state index contributed by atoms with van der Waals surface area (Å²) in [6.07, 6.45) is 2.94. The van der Waals surface area contributed by atoms with Gasteiger partial charge >= 0.3 is 0 Å². The van der Waals surface area contributed by atoms with E-state index in [1.807, 2.05) is 0 Å². The van der Waals surface area contributed by atoms with Gasteiger partial charge in [0.05, 0.1) is 0 Å². The van der Waals surface area contributed by atoms with Crippen molar-refractivity contribution in [1.29, 1.82) is 0 Å². The van der Waals surface area contributed by atoms with Crippen LogP contribution in [0.1, 0.15) is 11.1 Å². The average molecular weight is 201 g/mol. The van der Waals surface area contributed by atoms with Crippen LogP contribution in [0.3, 0.4) is 0 Å². The highest BCUT2D eigenvalue weighted by molar-refractivity contribution is 6.32. The molecule has 68 valence electrons. The molecule has 0 amide bonds. The second kappa shape index (κ2) is 2.86. The molecule has 0 radical (unpaired) electrons. The molecule has 0 saturated carbocycles. The summed E-state index contributed by atoms with van der Waals surface area (Å²) >= 11 is 6.09. The topological polar surface area (TPSA) is 0 Å². The molecule has 0 heterocycles. The van der Waals surface area contributed by atoms with E-state index in [-0.39, 0.29) is 0 Å². The van der Waals surface area contributed by atoms with Gasteiger partial charge in [0.25, 0.3) is 0 Å². The Morgan fingerprint density at radius 2 is 1.79 bits per heavy atom. The SMILES string of the molecule is ClC1=Cc2cccc3cccc(c23)C1. The van der Waals surface area contributed by atoms with Crippen molar-refractivity contribution in [1.82, 2.24) is 0 Å². The first-order valence-electron chi connectivity index (χ1n) is 4.71. The second-order valence-corrected chi connectivity index (χ2v) is 4.12. The van der Waals surface area contributed by atoms with Gasteiger partial charge in [-0.25, -0.2) is 0 Å². The summed E-state index contributed by atoms with van der Waals surface area (Å²) in [6.45, 7) is 0. The Bertz CT molecular complexity index is 533. The van der Waals surface area contributed by atoms with Crippen LogP contribution in [0.2, 0.25) is 0 Å². The van der Waals surface area contributed by atoms with Gasteiger partial charge in [0.2, 0.25) is 0 Å². The Morgan fingerprint density at radius 1 is 1.00 bits per heavy atom. The molecule has 1 heteroatoms. The van der Waals surface area contributed by atoms with E-state index in [1.165, 1.54) is 21.9 Å². The summed E-state index contributed by atoms with van der Waals surface area (Å²) in [5, 5.41) is 3.59. The summed E-state index contributed by atoms with van der Waals surface area (Å²) in [5.74, 6) is 0. The Hall–Kier alpha value is -1.27. The molecule has 1 aliphatic carbocycles. The summed E-state index contributed by atoms with van der Waals surface area (Å²) in [7, 11) is 0. The Labute approximate surface area is 87.8 Å². The summed E-state index contributed by atoms with van der Waals surface area (Å²) in [6, 6.07) is 12.7. The van der Waals surface area contributed by atoms with Gasteiger partial charge in [-0.2, -0.15) is 0 Å². The molecule has 2 aromatic rings. The maximum Gasteiger partial charge on any atom is 0.0231 e. The van der Waals surface area contributed by atoms with E-state index >= 15 is 0 Å². The predicted octanol–water partition coefficient (Wildman–Crippen LogP) is 3.98.